The van der Waals surface area contributed by atoms with Gasteiger partial charge in [0.05, 0.1) is 13.5 Å². The molecule has 3 nitrogen and oxygen atoms in total. The number of hydrogen-bond acceptors (Lipinski definition) is 2. The number of aliphatic hydroxyl groups excluding tert-OH is 1. The van der Waals surface area contributed by atoms with Crippen molar-refractivity contribution in [3.05, 3.63) is 66.5 Å². The third-order valence-corrected chi connectivity index (χ3v) is 3.99. The first-order valence-corrected chi connectivity index (χ1v) is 7.48. The molecule has 5 heteroatoms. The van der Waals surface area contributed by atoms with Crippen LogP contribution in [0.4, 0.5) is 0 Å². The van der Waals surface area contributed by atoms with Crippen molar-refractivity contribution in [1.82, 2.24) is 0 Å². The van der Waals surface area contributed by atoms with Crippen molar-refractivity contribution in [3.63, 3.8) is 0 Å². The van der Waals surface area contributed by atoms with Gasteiger partial charge in [0.25, 0.3) is 0 Å². The number of aliphatic hydroxyl groups is 1. The molecule has 2 aromatic carbocycles. The molecule has 0 saturated heterocycles. The maximum atomic E-state index is 9.12. The first-order valence-electron chi connectivity index (χ1n) is 6.41. The van der Waals surface area contributed by atoms with Crippen LogP contribution in [0.25, 0.3) is 21.6 Å². The van der Waals surface area contributed by atoms with Crippen LogP contribution in [0.2, 0.25) is 0 Å². The van der Waals surface area contributed by atoms with Crippen molar-refractivity contribution in [2.45, 2.75) is 0 Å². The minimum atomic E-state index is -1.19. The van der Waals surface area contributed by atoms with Crippen LogP contribution in [0.5, 0.6) is 0 Å². The van der Waals surface area contributed by atoms with Crippen molar-refractivity contribution in [1.29, 1.82) is 0 Å². The zero-order valence-corrected chi connectivity index (χ0v) is 14.9. The van der Waals surface area contributed by atoms with Gasteiger partial charge < -0.3 is 10.2 Å². The van der Waals surface area contributed by atoms with E-state index in [1.807, 2.05) is 12.1 Å². The molecule has 0 saturated carbocycles. The fraction of sp³-hybridized carbons (Fsp3) is 0.0588. The normalized spacial score (nSPS) is 9.68. The molecular weight excluding hydrogens is 478 g/mol. The predicted molar refractivity (Wildman–Crippen MR) is 86.8 cm³/mol. The summed E-state index contributed by atoms with van der Waals surface area (Å²) >= 11 is 0. The Kier molecular flexibility index (Phi) is 7.98. The Balaban J connectivity index is 0.000000356. The zero-order chi connectivity index (χ0) is 15.1. The van der Waals surface area contributed by atoms with E-state index in [-0.39, 0.29) is 21.1 Å². The smallest absolute Gasteiger partial charge is 0.329 e. The Hall–Kier alpha value is -1.53. The van der Waals surface area contributed by atoms with Gasteiger partial charge in [0.1, 0.15) is 12.4 Å². The quantitative estimate of drug-likeness (QED) is 0.536. The van der Waals surface area contributed by atoms with Gasteiger partial charge in [0.2, 0.25) is 0 Å². The average Bonchev–Trinajstić information content (AvgIpc) is 2.56. The van der Waals surface area contributed by atoms with Gasteiger partial charge >= 0.3 is 5.97 Å². The second kappa shape index (κ2) is 9.48. The van der Waals surface area contributed by atoms with Gasteiger partial charge in [-0.15, -0.1) is 35.9 Å². The first-order chi connectivity index (χ1) is 10.2. The molecule has 0 aliphatic carbocycles. The molecule has 116 valence electrons. The maximum Gasteiger partial charge on any atom is 0.329 e. The summed E-state index contributed by atoms with van der Waals surface area (Å²) in [6.07, 6.45) is 0. The molecule has 0 radical (unpaired) electrons. The molecule has 1 atom stereocenters. The Morgan fingerprint density at radius 3 is 2.32 bits per heavy atom. The van der Waals surface area contributed by atoms with Gasteiger partial charge in [-0.2, -0.15) is 0 Å². The van der Waals surface area contributed by atoms with Crippen molar-refractivity contribution < 1.29 is 36.1 Å². The van der Waals surface area contributed by atoms with Crippen LogP contribution >= 0.6 is 8.19 Å². The minimum absolute atomic E-state index is 0. The van der Waals surface area contributed by atoms with Crippen LogP contribution in [0, 0.1) is 6.07 Å². The van der Waals surface area contributed by atoms with Crippen molar-refractivity contribution in [2.75, 3.05) is 6.61 Å². The van der Waals surface area contributed by atoms with Crippen LogP contribution in [0.1, 0.15) is 0 Å². The van der Waals surface area contributed by atoms with E-state index >= 15 is 0 Å². The summed E-state index contributed by atoms with van der Waals surface area (Å²) in [5.74, 6) is 1.12. The van der Waals surface area contributed by atoms with Crippen molar-refractivity contribution in [3.8, 4) is 10.9 Å². The van der Waals surface area contributed by atoms with Gasteiger partial charge in [-0.3, -0.25) is 0 Å². The Bertz CT molecular complexity index is 732. The Morgan fingerprint density at radius 1 is 1.09 bits per heavy atom. The van der Waals surface area contributed by atoms with Gasteiger partial charge in [0.15, 0.2) is 0 Å². The number of carbonyl (C=O) groups is 1. The van der Waals surface area contributed by atoms with Gasteiger partial charge in [0, 0.05) is 26.5 Å². The SMILES string of the molecule is O=C(O)CO.[Pt].[c-]1ccccc1-c1cc2ccccc2c[pH+]1. The third-order valence-electron chi connectivity index (χ3n) is 2.81. The van der Waals surface area contributed by atoms with E-state index in [1.54, 1.807) is 0 Å². The minimum Gasteiger partial charge on any atom is -0.480 e. The summed E-state index contributed by atoms with van der Waals surface area (Å²) < 4.78 is 0. The van der Waals surface area contributed by atoms with E-state index in [9.17, 15) is 0 Å². The van der Waals surface area contributed by atoms with Crippen LogP contribution in [-0.4, -0.2) is 22.8 Å². The number of rotatable bonds is 2. The fourth-order valence-corrected chi connectivity index (χ4v) is 2.97. The molecule has 0 aliphatic rings. The third kappa shape index (κ3) is 5.35. The molecule has 0 fully saturated rings. The maximum absolute atomic E-state index is 9.12. The summed E-state index contributed by atoms with van der Waals surface area (Å²) in [5, 5.41) is 19.1. The largest absolute Gasteiger partial charge is 0.480 e. The molecular formula is C17H15O3PPt. The van der Waals surface area contributed by atoms with Crippen LogP contribution in [-0.2, 0) is 25.9 Å². The van der Waals surface area contributed by atoms with E-state index in [0.717, 1.165) is 8.19 Å². The topological polar surface area (TPSA) is 57.5 Å². The zero-order valence-electron chi connectivity index (χ0n) is 11.6. The number of benzene rings is 2. The summed E-state index contributed by atoms with van der Waals surface area (Å²) in [6.45, 7) is -0.778. The number of hydrogen-bond donors (Lipinski definition) is 2. The van der Waals surface area contributed by atoms with Crippen molar-refractivity contribution >= 4 is 24.9 Å². The molecule has 0 bridgehead atoms. The van der Waals surface area contributed by atoms with E-state index in [0.29, 0.717) is 0 Å². The van der Waals surface area contributed by atoms with Gasteiger partial charge in [-0.1, -0.05) is 24.3 Å². The summed E-state index contributed by atoms with van der Waals surface area (Å²) in [6, 6.07) is 22.3. The molecule has 1 unspecified atom stereocenters. The summed E-state index contributed by atoms with van der Waals surface area (Å²) in [4.78, 5) is 9.12. The van der Waals surface area contributed by atoms with E-state index in [1.165, 1.54) is 21.6 Å². The first kappa shape index (κ1) is 18.5. The molecule has 3 rings (SSSR count). The number of carboxylic acid groups (broad SMARTS) is 1. The van der Waals surface area contributed by atoms with E-state index in [2.05, 4.69) is 54.3 Å². The summed E-state index contributed by atoms with van der Waals surface area (Å²) in [7, 11) is 0.742. The number of carboxylic acids is 1. The average molecular weight is 493 g/mol. The second-order valence-electron chi connectivity index (χ2n) is 4.30. The second-order valence-corrected chi connectivity index (χ2v) is 5.42. The van der Waals surface area contributed by atoms with Crippen LogP contribution < -0.4 is 0 Å². The molecule has 1 heterocycles. The molecule has 2 N–H and O–H groups in total. The standard InChI is InChI=1S/C15H10P.C2H4O3.Pt/c1-2-6-12(7-3-1)15-10-13-8-4-5-9-14(13)11-16-15;3-1-2(4)5;/h1-6,8-11H;3H,1H2,(H,4,5);/q-1;;/p+1. The van der Waals surface area contributed by atoms with Crippen LogP contribution in [0.15, 0.2) is 60.4 Å². The number of aliphatic carboxylic acids is 1. The van der Waals surface area contributed by atoms with Gasteiger partial charge in [-0.25, -0.2) is 4.79 Å². The van der Waals surface area contributed by atoms with E-state index < -0.39 is 12.6 Å². The monoisotopic (exact) mass is 493 g/mol. The molecule has 0 amide bonds. The summed E-state index contributed by atoms with van der Waals surface area (Å²) in [5.41, 5.74) is 1.21. The Morgan fingerprint density at radius 2 is 1.73 bits per heavy atom. The molecule has 3 aromatic rings. The number of fused-ring (bicyclic) bond motifs is 1. The van der Waals surface area contributed by atoms with E-state index in [4.69, 9.17) is 15.0 Å². The molecule has 0 aliphatic heterocycles. The van der Waals surface area contributed by atoms with Gasteiger partial charge in [-0.05, 0) is 11.5 Å². The predicted octanol–water partition coefficient (Wildman–Crippen LogP) is 3.68. The van der Waals surface area contributed by atoms with Crippen molar-refractivity contribution in [2.24, 2.45) is 0 Å². The Labute approximate surface area is 145 Å². The molecule has 22 heavy (non-hydrogen) atoms. The fourth-order valence-electron chi connectivity index (χ4n) is 1.84. The van der Waals surface area contributed by atoms with Crippen LogP contribution in [0.3, 0.4) is 0 Å². The molecule has 1 aromatic heterocycles. The molecule has 0 spiro atoms.